The smallest absolute Gasteiger partial charge is 0.228 e. The monoisotopic (exact) mass is 371 g/mol. The Balaban J connectivity index is 1.52. The second kappa shape index (κ2) is 7.71. The van der Waals surface area contributed by atoms with Gasteiger partial charge in [-0.2, -0.15) is 0 Å². The van der Waals surface area contributed by atoms with Crippen molar-refractivity contribution in [3.05, 3.63) is 29.8 Å². The third-order valence-corrected chi connectivity index (χ3v) is 5.24. The maximum absolute atomic E-state index is 12.6. The van der Waals surface area contributed by atoms with Gasteiger partial charge in [0.15, 0.2) is 0 Å². The molecule has 2 saturated heterocycles. The predicted molar refractivity (Wildman–Crippen MR) is 104 cm³/mol. The summed E-state index contributed by atoms with van der Waals surface area (Å²) in [4.78, 5) is 42.2. The highest BCUT2D eigenvalue weighted by Crippen LogP contribution is 2.22. The second-order valence-corrected chi connectivity index (χ2v) is 8.42. The second-order valence-electron chi connectivity index (χ2n) is 8.42. The van der Waals surface area contributed by atoms with Crippen molar-refractivity contribution in [2.75, 3.05) is 37.6 Å². The molecule has 6 heteroatoms. The number of hydrogen-bond donors (Lipinski definition) is 0. The summed E-state index contributed by atoms with van der Waals surface area (Å²) in [6.07, 6.45) is 1.87. The molecule has 27 heavy (non-hydrogen) atoms. The predicted octanol–water partition coefficient (Wildman–Crippen LogP) is 2.07. The summed E-state index contributed by atoms with van der Waals surface area (Å²) in [5.74, 6) is 0.394. The standard InChI is InChI=1S/C21H29N3O3/c1-21(2,3)20(27)23-13-11-22(12-14-23)19(26)15-16-6-8-17(9-7-16)24-10-4-5-18(24)25/h6-9H,4-5,10-15H2,1-3H3. The molecule has 2 aliphatic heterocycles. The van der Waals surface area contributed by atoms with E-state index in [-0.39, 0.29) is 23.1 Å². The van der Waals surface area contributed by atoms with Crippen LogP contribution in [0.3, 0.4) is 0 Å². The van der Waals surface area contributed by atoms with E-state index in [9.17, 15) is 14.4 Å². The number of piperazine rings is 1. The lowest BCUT2D eigenvalue weighted by atomic mass is 9.94. The molecular weight excluding hydrogens is 342 g/mol. The van der Waals surface area contributed by atoms with Gasteiger partial charge in [-0.05, 0) is 24.1 Å². The lowest BCUT2D eigenvalue weighted by molar-refractivity contribution is -0.144. The number of rotatable bonds is 3. The Bertz CT molecular complexity index is 713. The minimum absolute atomic E-state index is 0.0860. The average Bonchev–Trinajstić information content (AvgIpc) is 3.07. The molecule has 2 aliphatic rings. The third kappa shape index (κ3) is 4.49. The lowest BCUT2D eigenvalue weighted by Gasteiger charge is -2.37. The molecule has 0 spiro atoms. The van der Waals surface area contributed by atoms with Crippen LogP contribution in [0.25, 0.3) is 0 Å². The summed E-state index contributed by atoms with van der Waals surface area (Å²) in [5, 5.41) is 0. The number of hydrogen-bond acceptors (Lipinski definition) is 3. The molecule has 1 aromatic carbocycles. The minimum Gasteiger partial charge on any atom is -0.339 e. The van der Waals surface area contributed by atoms with E-state index in [0.29, 0.717) is 39.0 Å². The first-order valence-corrected chi connectivity index (χ1v) is 9.72. The van der Waals surface area contributed by atoms with E-state index in [1.165, 1.54) is 0 Å². The van der Waals surface area contributed by atoms with Gasteiger partial charge < -0.3 is 14.7 Å². The molecule has 0 aliphatic carbocycles. The number of benzene rings is 1. The molecule has 0 N–H and O–H groups in total. The van der Waals surface area contributed by atoms with Crippen LogP contribution in [0.1, 0.15) is 39.2 Å². The molecule has 0 aromatic heterocycles. The maximum atomic E-state index is 12.6. The van der Waals surface area contributed by atoms with E-state index >= 15 is 0 Å². The van der Waals surface area contributed by atoms with Gasteiger partial charge in [-0.1, -0.05) is 32.9 Å². The molecule has 1 aromatic rings. The molecule has 3 amide bonds. The molecule has 146 valence electrons. The highest BCUT2D eigenvalue weighted by molar-refractivity contribution is 5.95. The molecule has 0 radical (unpaired) electrons. The van der Waals surface area contributed by atoms with Crippen molar-refractivity contribution in [2.24, 2.45) is 5.41 Å². The fourth-order valence-corrected chi connectivity index (χ4v) is 3.63. The zero-order chi connectivity index (χ0) is 19.6. The topological polar surface area (TPSA) is 60.9 Å². The highest BCUT2D eigenvalue weighted by Gasteiger charge is 2.30. The normalized spacial score (nSPS) is 18.2. The van der Waals surface area contributed by atoms with Gasteiger partial charge in [0.25, 0.3) is 0 Å². The first kappa shape index (κ1) is 19.4. The molecule has 0 saturated carbocycles. The first-order valence-electron chi connectivity index (χ1n) is 9.72. The van der Waals surface area contributed by atoms with Gasteiger partial charge in [0, 0.05) is 50.2 Å². The van der Waals surface area contributed by atoms with Gasteiger partial charge in [0.1, 0.15) is 0 Å². The molecule has 6 nitrogen and oxygen atoms in total. The summed E-state index contributed by atoms with van der Waals surface area (Å²) < 4.78 is 0. The van der Waals surface area contributed by atoms with Crippen LogP contribution in [0, 0.1) is 5.41 Å². The van der Waals surface area contributed by atoms with Crippen LogP contribution in [0.5, 0.6) is 0 Å². The van der Waals surface area contributed by atoms with Crippen LogP contribution in [-0.4, -0.2) is 60.2 Å². The Hall–Kier alpha value is -2.37. The van der Waals surface area contributed by atoms with Crippen molar-refractivity contribution >= 4 is 23.4 Å². The molecular formula is C21H29N3O3. The SMILES string of the molecule is CC(C)(C)C(=O)N1CCN(C(=O)Cc2ccc(N3CCCC3=O)cc2)CC1. The van der Waals surface area contributed by atoms with E-state index < -0.39 is 0 Å². The van der Waals surface area contributed by atoms with Gasteiger partial charge in [0.05, 0.1) is 6.42 Å². The van der Waals surface area contributed by atoms with E-state index in [0.717, 1.165) is 24.2 Å². The zero-order valence-corrected chi connectivity index (χ0v) is 16.5. The quantitative estimate of drug-likeness (QED) is 0.817. The van der Waals surface area contributed by atoms with Crippen LogP contribution in [-0.2, 0) is 20.8 Å². The Morgan fingerprint density at radius 2 is 1.52 bits per heavy atom. The summed E-state index contributed by atoms with van der Waals surface area (Å²) in [5.41, 5.74) is 1.47. The van der Waals surface area contributed by atoms with Crippen molar-refractivity contribution in [3.8, 4) is 0 Å². The first-order chi connectivity index (χ1) is 12.8. The van der Waals surface area contributed by atoms with Crippen LogP contribution < -0.4 is 4.90 Å². The largest absolute Gasteiger partial charge is 0.339 e. The fourth-order valence-electron chi connectivity index (χ4n) is 3.63. The Morgan fingerprint density at radius 3 is 2.04 bits per heavy atom. The molecule has 3 rings (SSSR count). The third-order valence-electron chi connectivity index (χ3n) is 5.24. The van der Waals surface area contributed by atoms with Gasteiger partial charge >= 0.3 is 0 Å². The molecule has 2 heterocycles. The lowest BCUT2D eigenvalue weighted by Crippen LogP contribution is -2.53. The summed E-state index contributed by atoms with van der Waals surface area (Å²) in [6.45, 7) is 8.90. The zero-order valence-electron chi connectivity index (χ0n) is 16.5. The summed E-state index contributed by atoms with van der Waals surface area (Å²) >= 11 is 0. The van der Waals surface area contributed by atoms with Crippen molar-refractivity contribution in [2.45, 2.75) is 40.0 Å². The number of nitrogens with zero attached hydrogens (tertiary/aromatic N) is 3. The van der Waals surface area contributed by atoms with E-state index in [2.05, 4.69) is 0 Å². The van der Waals surface area contributed by atoms with E-state index in [1.54, 1.807) is 4.90 Å². The Kier molecular flexibility index (Phi) is 5.53. The van der Waals surface area contributed by atoms with E-state index in [4.69, 9.17) is 0 Å². The van der Waals surface area contributed by atoms with Gasteiger partial charge in [-0.3, -0.25) is 14.4 Å². The van der Waals surface area contributed by atoms with Gasteiger partial charge in [-0.15, -0.1) is 0 Å². The van der Waals surface area contributed by atoms with Crippen molar-refractivity contribution < 1.29 is 14.4 Å². The molecule has 2 fully saturated rings. The molecule has 0 bridgehead atoms. The van der Waals surface area contributed by atoms with E-state index in [1.807, 2.05) is 54.8 Å². The highest BCUT2D eigenvalue weighted by atomic mass is 16.2. The van der Waals surface area contributed by atoms with Crippen molar-refractivity contribution in [1.29, 1.82) is 0 Å². The maximum Gasteiger partial charge on any atom is 0.228 e. The number of anilines is 1. The van der Waals surface area contributed by atoms with Crippen LogP contribution in [0.15, 0.2) is 24.3 Å². The summed E-state index contributed by atoms with van der Waals surface area (Å²) in [7, 11) is 0. The molecule has 0 atom stereocenters. The van der Waals surface area contributed by atoms with Crippen LogP contribution in [0.2, 0.25) is 0 Å². The Morgan fingerprint density at radius 1 is 0.926 bits per heavy atom. The minimum atomic E-state index is -0.384. The summed E-state index contributed by atoms with van der Waals surface area (Å²) in [6, 6.07) is 7.70. The van der Waals surface area contributed by atoms with Crippen LogP contribution in [0.4, 0.5) is 5.69 Å². The van der Waals surface area contributed by atoms with Gasteiger partial charge in [-0.25, -0.2) is 0 Å². The number of carbonyl (C=O) groups excluding carboxylic acids is 3. The average molecular weight is 371 g/mol. The number of carbonyl (C=O) groups is 3. The van der Waals surface area contributed by atoms with Crippen molar-refractivity contribution in [3.63, 3.8) is 0 Å². The fraction of sp³-hybridized carbons (Fsp3) is 0.571. The van der Waals surface area contributed by atoms with Crippen molar-refractivity contribution in [1.82, 2.24) is 9.80 Å². The molecule has 0 unspecified atom stereocenters. The van der Waals surface area contributed by atoms with Crippen LogP contribution >= 0.6 is 0 Å². The Labute approximate surface area is 161 Å². The van der Waals surface area contributed by atoms with Gasteiger partial charge in [0.2, 0.25) is 17.7 Å². The number of amides is 3.